The summed E-state index contributed by atoms with van der Waals surface area (Å²) >= 11 is 3.20. The summed E-state index contributed by atoms with van der Waals surface area (Å²) in [6.45, 7) is -1.01. The molecule has 0 radical (unpaired) electrons. The topological polar surface area (TPSA) is 101 Å². The fourth-order valence-corrected chi connectivity index (χ4v) is 1.75. The highest BCUT2D eigenvalue weighted by molar-refractivity contribution is 9.10. The normalized spacial score (nSPS) is 9.83. The van der Waals surface area contributed by atoms with Gasteiger partial charge in [0.1, 0.15) is 13.1 Å². The molecule has 1 aromatic carbocycles. The van der Waals surface area contributed by atoms with Gasteiger partial charge >= 0.3 is 5.97 Å². The van der Waals surface area contributed by atoms with E-state index in [0.29, 0.717) is 4.47 Å². The smallest absolute Gasteiger partial charge is 0.323 e. The molecule has 0 bridgehead atoms. The number of hydrogen-bond acceptors (Lipinski definition) is 3. The summed E-state index contributed by atoms with van der Waals surface area (Å²) in [5, 5.41) is 8.69. The first-order valence-corrected chi connectivity index (χ1v) is 5.74. The van der Waals surface area contributed by atoms with Crippen LogP contribution in [-0.2, 0) is 9.59 Å². The Morgan fingerprint density at radius 2 is 1.94 bits per heavy atom. The Morgan fingerprint density at radius 1 is 1.28 bits per heavy atom. The number of aliphatic carboxylic acids is 1. The zero-order valence-electron chi connectivity index (χ0n) is 9.30. The summed E-state index contributed by atoms with van der Waals surface area (Å²) < 4.78 is 0.683. The van der Waals surface area contributed by atoms with Gasteiger partial charge in [-0.1, -0.05) is 22.0 Å². The summed E-state index contributed by atoms with van der Waals surface area (Å²) in [5.41, 5.74) is 5.26. The zero-order valence-corrected chi connectivity index (χ0v) is 10.9. The number of benzene rings is 1. The standard InChI is InChI=1S/C11H11BrN2O4/c12-8-3-1-2-7(4-8)11(18)14(5-9(13)15)6-10(16)17/h1-4H,5-6H2,(H2,13,15)(H,16,17). The van der Waals surface area contributed by atoms with Gasteiger partial charge < -0.3 is 15.7 Å². The lowest BCUT2D eigenvalue weighted by molar-refractivity contribution is -0.138. The lowest BCUT2D eigenvalue weighted by atomic mass is 10.2. The average molecular weight is 315 g/mol. The molecule has 0 aromatic heterocycles. The van der Waals surface area contributed by atoms with E-state index in [0.717, 1.165) is 4.90 Å². The van der Waals surface area contributed by atoms with Crippen LogP contribution < -0.4 is 5.73 Å². The molecule has 7 heteroatoms. The Hall–Kier alpha value is -1.89. The monoisotopic (exact) mass is 314 g/mol. The van der Waals surface area contributed by atoms with Crippen LogP contribution in [0.15, 0.2) is 28.7 Å². The molecule has 0 saturated carbocycles. The highest BCUT2D eigenvalue weighted by atomic mass is 79.9. The number of nitrogens with two attached hydrogens (primary N) is 1. The van der Waals surface area contributed by atoms with Crippen molar-refractivity contribution in [2.45, 2.75) is 0 Å². The maximum atomic E-state index is 12.0. The minimum atomic E-state index is -1.21. The number of nitrogens with zero attached hydrogens (tertiary/aromatic N) is 1. The molecule has 1 aromatic rings. The summed E-state index contributed by atoms with van der Waals surface area (Å²) in [6, 6.07) is 6.44. The molecule has 0 heterocycles. The minimum absolute atomic E-state index is 0.284. The van der Waals surface area contributed by atoms with Gasteiger partial charge in [0, 0.05) is 10.0 Å². The van der Waals surface area contributed by atoms with Crippen LogP contribution in [0, 0.1) is 0 Å². The van der Waals surface area contributed by atoms with Crippen molar-refractivity contribution in [1.29, 1.82) is 0 Å². The predicted octanol–water partition coefficient (Wildman–Crippen LogP) is 0.461. The van der Waals surface area contributed by atoms with E-state index in [1.165, 1.54) is 12.1 Å². The van der Waals surface area contributed by atoms with Crippen LogP contribution in [0.1, 0.15) is 10.4 Å². The van der Waals surface area contributed by atoms with Crippen LogP contribution in [0.3, 0.4) is 0 Å². The van der Waals surface area contributed by atoms with Crippen molar-refractivity contribution in [3.8, 4) is 0 Å². The van der Waals surface area contributed by atoms with Gasteiger partial charge in [0.25, 0.3) is 5.91 Å². The van der Waals surface area contributed by atoms with Crippen molar-refractivity contribution in [3.05, 3.63) is 34.3 Å². The van der Waals surface area contributed by atoms with Gasteiger partial charge in [-0.15, -0.1) is 0 Å². The van der Waals surface area contributed by atoms with Crippen molar-refractivity contribution in [3.63, 3.8) is 0 Å². The fourth-order valence-electron chi connectivity index (χ4n) is 1.35. The van der Waals surface area contributed by atoms with E-state index in [-0.39, 0.29) is 5.56 Å². The van der Waals surface area contributed by atoms with E-state index in [9.17, 15) is 14.4 Å². The molecule has 1 rings (SSSR count). The van der Waals surface area contributed by atoms with Crippen LogP contribution in [-0.4, -0.2) is 40.9 Å². The minimum Gasteiger partial charge on any atom is -0.480 e. The van der Waals surface area contributed by atoms with E-state index < -0.39 is 30.9 Å². The molecular formula is C11H11BrN2O4. The highest BCUT2D eigenvalue weighted by Gasteiger charge is 2.20. The second-order valence-corrected chi connectivity index (χ2v) is 4.45. The summed E-state index contributed by atoms with van der Waals surface area (Å²) in [5.74, 6) is -2.53. The molecule has 0 aliphatic rings. The molecule has 0 spiro atoms. The van der Waals surface area contributed by atoms with Gasteiger partial charge in [-0.3, -0.25) is 14.4 Å². The van der Waals surface area contributed by atoms with Crippen LogP contribution in [0.25, 0.3) is 0 Å². The van der Waals surface area contributed by atoms with Crippen LogP contribution in [0.2, 0.25) is 0 Å². The maximum absolute atomic E-state index is 12.0. The SMILES string of the molecule is NC(=O)CN(CC(=O)O)C(=O)c1cccc(Br)c1. The molecule has 0 aliphatic carbocycles. The van der Waals surface area contributed by atoms with Crippen molar-refractivity contribution in [2.24, 2.45) is 5.73 Å². The molecule has 6 nitrogen and oxygen atoms in total. The van der Waals surface area contributed by atoms with Crippen LogP contribution in [0.5, 0.6) is 0 Å². The predicted molar refractivity (Wildman–Crippen MR) is 66.9 cm³/mol. The molecule has 2 amide bonds. The molecule has 0 fully saturated rings. The lowest BCUT2D eigenvalue weighted by Gasteiger charge is -2.18. The van der Waals surface area contributed by atoms with Crippen LogP contribution in [0.4, 0.5) is 0 Å². The van der Waals surface area contributed by atoms with Gasteiger partial charge in [-0.25, -0.2) is 0 Å². The van der Waals surface area contributed by atoms with E-state index in [1.807, 2.05) is 0 Å². The summed E-state index contributed by atoms with van der Waals surface area (Å²) in [7, 11) is 0. The van der Waals surface area contributed by atoms with Gasteiger partial charge in [0.2, 0.25) is 5.91 Å². The third-order valence-corrected chi connectivity index (χ3v) is 2.52. The first-order chi connectivity index (χ1) is 8.40. The number of carbonyl (C=O) groups is 3. The average Bonchev–Trinajstić information content (AvgIpc) is 2.26. The van der Waals surface area contributed by atoms with Crippen molar-refractivity contribution in [1.82, 2.24) is 4.90 Å². The molecule has 96 valence electrons. The number of carboxylic acid groups (broad SMARTS) is 1. The van der Waals surface area contributed by atoms with Gasteiger partial charge in [-0.05, 0) is 18.2 Å². The van der Waals surface area contributed by atoms with Crippen molar-refractivity contribution in [2.75, 3.05) is 13.1 Å². The Kier molecular flexibility index (Phi) is 4.85. The van der Waals surface area contributed by atoms with E-state index in [4.69, 9.17) is 10.8 Å². The molecule has 0 unspecified atom stereocenters. The highest BCUT2D eigenvalue weighted by Crippen LogP contribution is 2.13. The zero-order chi connectivity index (χ0) is 13.7. The maximum Gasteiger partial charge on any atom is 0.323 e. The second-order valence-electron chi connectivity index (χ2n) is 3.53. The molecule has 0 atom stereocenters. The van der Waals surface area contributed by atoms with E-state index in [1.54, 1.807) is 12.1 Å². The Labute approximate surface area is 112 Å². The third kappa shape index (κ3) is 4.17. The third-order valence-electron chi connectivity index (χ3n) is 2.03. The fraction of sp³-hybridized carbons (Fsp3) is 0.182. The number of halogens is 1. The van der Waals surface area contributed by atoms with Gasteiger partial charge in [0.15, 0.2) is 0 Å². The number of rotatable bonds is 5. The van der Waals surface area contributed by atoms with Gasteiger partial charge in [-0.2, -0.15) is 0 Å². The molecule has 18 heavy (non-hydrogen) atoms. The second kappa shape index (κ2) is 6.15. The quantitative estimate of drug-likeness (QED) is 0.824. The van der Waals surface area contributed by atoms with Gasteiger partial charge in [0.05, 0.1) is 0 Å². The molecule has 3 N–H and O–H groups in total. The summed E-state index contributed by atoms with van der Waals surface area (Å²) in [6.07, 6.45) is 0. The Balaban J connectivity index is 2.94. The first-order valence-electron chi connectivity index (χ1n) is 4.95. The largest absolute Gasteiger partial charge is 0.480 e. The number of hydrogen-bond donors (Lipinski definition) is 2. The summed E-state index contributed by atoms with van der Waals surface area (Å²) in [4.78, 5) is 34.3. The molecular weight excluding hydrogens is 304 g/mol. The van der Waals surface area contributed by atoms with Crippen LogP contribution >= 0.6 is 15.9 Å². The lowest BCUT2D eigenvalue weighted by Crippen LogP contribution is -2.41. The number of primary amides is 1. The molecule has 0 aliphatic heterocycles. The molecule has 0 saturated heterocycles. The van der Waals surface area contributed by atoms with E-state index in [2.05, 4.69) is 15.9 Å². The van der Waals surface area contributed by atoms with Crippen molar-refractivity contribution < 1.29 is 19.5 Å². The van der Waals surface area contributed by atoms with Crippen molar-refractivity contribution >= 4 is 33.7 Å². The Morgan fingerprint density at radius 3 is 2.44 bits per heavy atom. The number of carboxylic acids is 1. The number of carbonyl (C=O) groups excluding carboxylic acids is 2. The first kappa shape index (κ1) is 14.2. The Bertz CT molecular complexity index is 474. The number of amides is 2. The van der Waals surface area contributed by atoms with E-state index >= 15 is 0 Å².